The van der Waals surface area contributed by atoms with Gasteiger partial charge in [0, 0.05) is 18.0 Å². The highest BCUT2D eigenvalue weighted by Gasteiger charge is 2.52. The van der Waals surface area contributed by atoms with Crippen LogP contribution in [0.2, 0.25) is 0 Å². The van der Waals surface area contributed by atoms with Gasteiger partial charge in [0.05, 0.1) is 6.61 Å². The number of nitrogens with one attached hydrogen (secondary N) is 1. The largest absolute Gasteiger partial charge is 0.392 e. The average Bonchev–Trinajstić information content (AvgIpc) is 3.09. The number of amidine groups is 1. The third kappa shape index (κ3) is 8.46. The van der Waals surface area contributed by atoms with Gasteiger partial charge in [0.15, 0.2) is 5.84 Å². The molecule has 1 fully saturated rings. The number of hydrogen-bond acceptors (Lipinski definition) is 4. The summed E-state index contributed by atoms with van der Waals surface area (Å²) >= 11 is 5.76. The molecule has 2 rings (SSSR count). The second kappa shape index (κ2) is 16.1. The molecule has 4 nitrogen and oxygen atoms in total. The molecule has 0 aromatic heterocycles. The Morgan fingerprint density at radius 2 is 1.97 bits per heavy atom. The van der Waals surface area contributed by atoms with Gasteiger partial charge in [-0.1, -0.05) is 62.2 Å². The maximum absolute atomic E-state index is 13.3. The number of hydrogen-bond donors (Lipinski definition) is 2. The van der Waals surface area contributed by atoms with Gasteiger partial charge in [0.25, 0.3) is 0 Å². The van der Waals surface area contributed by atoms with Crippen molar-refractivity contribution < 1.29 is 9.50 Å². The number of allylic oxidation sites excluding steroid dienone is 5. The average molecular weight is 456 g/mol. The first-order valence-electron chi connectivity index (χ1n) is 11.4. The maximum Gasteiger partial charge on any atom is 0.152 e. The molecule has 1 heterocycles. The molecule has 0 aromatic carbocycles. The second-order valence-corrected chi connectivity index (χ2v) is 7.93. The van der Waals surface area contributed by atoms with Crippen LogP contribution in [0.3, 0.4) is 0 Å². The van der Waals surface area contributed by atoms with Crippen LogP contribution in [-0.4, -0.2) is 41.8 Å². The highest BCUT2D eigenvalue weighted by atomic mass is 35.5. The van der Waals surface area contributed by atoms with E-state index in [1.165, 1.54) is 13.3 Å². The lowest BCUT2D eigenvalue weighted by molar-refractivity contribution is -0.0111. The van der Waals surface area contributed by atoms with Gasteiger partial charge in [-0.2, -0.15) is 5.10 Å². The van der Waals surface area contributed by atoms with Crippen LogP contribution in [0.25, 0.3) is 0 Å². The minimum absolute atomic E-state index is 0.129. The molecule has 1 aliphatic carbocycles. The number of rotatable bonds is 8. The lowest BCUT2D eigenvalue weighted by Crippen LogP contribution is -2.57. The summed E-state index contributed by atoms with van der Waals surface area (Å²) in [6.07, 6.45) is 15.2. The maximum atomic E-state index is 13.3. The van der Waals surface area contributed by atoms with Crippen molar-refractivity contribution in [2.45, 2.75) is 79.6 Å². The van der Waals surface area contributed by atoms with Crippen molar-refractivity contribution in [3.05, 3.63) is 47.6 Å². The van der Waals surface area contributed by atoms with Crippen molar-refractivity contribution in [3.8, 4) is 0 Å². The van der Waals surface area contributed by atoms with Crippen LogP contribution in [0.5, 0.6) is 0 Å². The van der Waals surface area contributed by atoms with Crippen LogP contribution in [-0.2, 0) is 0 Å². The summed E-state index contributed by atoms with van der Waals surface area (Å²) in [5.74, 6) is 1.24. The molecule has 178 valence electrons. The zero-order valence-electron chi connectivity index (χ0n) is 20.4. The van der Waals surface area contributed by atoms with E-state index < -0.39 is 6.17 Å². The molecule has 6 heteroatoms. The lowest BCUT2D eigenvalue weighted by atomic mass is 9.58. The van der Waals surface area contributed by atoms with Gasteiger partial charge in [0.2, 0.25) is 0 Å². The minimum atomic E-state index is -0.970. The standard InChI is InChI=1S/C19H29ClFN3.C4H8O.C2H6/c1-5-8-16(9-6-12-20)19(10-7-11-19)18-23-22-17(24(18)4)14(2)13-15(3)21;1-2-3-4-5;1-2/h5-6,8,12-13,15-16,18,23H,7,9-11H2,1-4H3;2-3,5H,4H2,1H3;1-2H3/b8-5-,12-6+,14-13+;3-2-;. The van der Waals surface area contributed by atoms with Crippen LogP contribution < -0.4 is 5.43 Å². The molecule has 3 atom stereocenters. The summed E-state index contributed by atoms with van der Waals surface area (Å²) in [6, 6.07) is 0. The topological polar surface area (TPSA) is 47.9 Å². The third-order valence-electron chi connectivity index (χ3n) is 5.66. The number of nitrogens with zero attached hydrogens (tertiary/aromatic N) is 2. The van der Waals surface area contributed by atoms with Crippen LogP contribution in [0, 0.1) is 11.3 Å². The van der Waals surface area contributed by atoms with Crippen molar-refractivity contribution in [2.75, 3.05) is 13.7 Å². The summed E-state index contributed by atoms with van der Waals surface area (Å²) in [4.78, 5) is 2.17. The Morgan fingerprint density at radius 3 is 2.35 bits per heavy atom. The lowest BCUT2D eigenvalue weighted by Gasteiger charge is -2.52. The van der Waals surface area contributed by atoms with Gasteiger partial charge in [-0.3, -0.25) is 5.43 Å². The molecular formula is C25H43ClFN3O. The number of aliphatic hydroxyl groups excluding tert-OH is 1. The van der Waals surface area contributed by atoms with E-state index in [4.69, 9.17) is 16.7 Å². The van der Waals surface area contributed by atoms with Gasteiger partial charge in [-0.15, -0.1) is 0 Å². The number of likely N-dealkylation sites (N-methyl/N-ethyl adjacent to an activating group) is 1. The number of hydrazone groups is 1. The molecule has 1 saturated carbocycles. The van der Waals surface area contributed by atoms with Crippen molar-refractivity contribution in [3.63, 3.8) is 0 Å². The van der Waals surface area contributed by atoms with Crippen LogP contribution >= 0.6 is 11.6 Å². The minimum Gasteiger partial charge on any atom is -0.392 e. The Morgan fingerprint density at radius 1 is 1.32 bits per heavy atom. The molecule has 0 aromatic rings. The Balaban J connectivity index is 0.00000113. The Hall–Kier alpha value is -1.59. The quantitative estimate of drug-likeness (QED) is 0.408. The third-order valence-corrected chi connectivity index (χ3v) is 5.84. The van der Waals surface area contributed by atoms with Crippen molar-refractivity contribution in [2.24, 2.45) is 16.4 Å². The first-order chi connectivity index (χ1) is 14.9. The summed E-state index contributed by atoms with van der Waals surface area (Å²) < 4.78 is 13.3. The van der Waals surface area contributed by atoms with Gasteiger partial charge in [-0.05, 0) is 64.5 Å². The number of halogens is 2. The molecule has 0 amide bonds. The van der Waals surface area contributed by atoms with Crippen molar-refractivity contribution in [1.82, 2.24) is 10.3 Å². The molecule has 0 saturated heterocycles. The van der Waals surface area contributed by atoms with Crippen molar-refractivity contribution >= 4 is 17.4 Å². The number of alkyl halides is 1. The van der Waals surface area contributed by atoms with E-state index in [0.717, 1.165) is 30.7 Å². The first-order valence-corrected chi connectivity index (χ1v) is 11.8. The Labute approximate surface area is 194 Å². The van der Waals surface area contributed by atoms with E-state index in [-0.39, 0.29) is 18.2 Å². The normalized spacial score (nSPS) is 22.3. The molecule has 0 spiro atoms. The molecule has 2 N–H and O–H groups in total. The van der Waals surface area contributed by atoms with Crippen LogP contribution in [0.15, 0.2) is 52.7 Å². The van der Waals surface area contributed by atoms with Crippen LogP contribution in [0.4, 0.5) is 4.39 Å². The smallest absolute Gasteiger partial charge is 0.152 e. The first kappa shape index (κ1) is 29.4. The van der Waals surface area contributed by atoms with Gasteiger partial charge in [-0.25, -0.2) is 4.39 Å². The predicted molar refractivity (Wildman–Crippen MR) is 134 cm³/mol. The van der Waals surface area contributed by atoms with E-state index in [1.54, 1.807) is 23.8 Å². The van der Waals surface area contributed by atoms with E-state index >= 15 is 0 Å². The molecule has 31 heavy (non-hydrogen) atoms. The van der Waals surface area contributed by atoms with E-state index in [9.17, 15) is 4.39 Å². The summed E-state index contributed by atoms with van der Waals surface area (Å²) in [5, 5.41) is 12.5. The van der Waals surface area contributed by atoms with Crippen LogP contribution in [0.1, 0.15) is 67.2 Å². The summed E-state index contributed by atoms with van der Waals surface area (Å²) in [5.41, 5.74) is 5.94. The fourth-order valence-corrected chi connectivity index (χ4v) is 4.29. The SMILES string of the molecule is C/C=C\C(C/C=C/Cl)C1(C2NN=C(/C(C)=C/C(C)F)N2C)CCC1.C/C=C\CO.CC. The monoisotopic (exact) mass is 455 g/mol. The van der Waals surface area contributed by atoms with E-state index in [0.29, 0.717) is 5.92 Å². The molecular weight excluding hydrogens is 413 g/mol. The fourth-order valence-electron chi connectivity index (χ4n) is 4.18. The molecule has 0 radical (unpaired) electrons. The summed E-state index contributed by atoms with van der Waals surface area (Å²) in [6.45, 7) is 11.6. The molecule has 3 unspecified atom stereocenters. The van der Waals surface area contributed by atoms with Crippen molar-refractivity contribution in [1.29, 1.82) is 0 Å². The van der Waals surface area contributed by atoms with Gasteiger partial charge < -0.3 is 10.0 Å². The van der Waals surface area contributed by atoms with Gasteiger partial charge >= 0.3 is 0 Å². The molecule has 1 aliphatic heterocycles. The fraction of sp³-hybridized carbons (Fsp3) is 0.640. The highest BCUT2D eigenvalue weighted by molar-refractivity contribution is 6.25. The highest BCUT2D eigenvalue weighted by Crippen LogP contribution is 2.53. The van der Waals surface area contributed by atoms with E-state index in [1.807, 2.05) is 40.8 Å². The van der Waals surface area contributed by atoms with Gasteiger partial charge in [0.1, 0.15) is 12.3 Å². The predicted octanol–water partition coefficient (Wildman–Crippen LogP) is 6.55. The Bertz CT molecular complexity index is 637. The Kier molecular flexibility index (Phi) is 15.3. The zero-order valence-corrected chi connectivity index (χ0v) is 21.2. The zero-order chi connectivity index (χ0) is 23.9. The number of aliphatic hydroxyl groups is 1. The molecule has 2 aliphatic rings. The second-order valence-electron chi connectivity index (χ2n) is 7.67. The summed E-state index contributed by atoms with van der Waals surface area (Å²) in [7, 11) is 2.05. The molecule has 0 bridgehead atoms. The van der Waals surface area contributed by atoms with E-state index in [2.05, 4.69) is 34.5 Å².